The highest BCUT2D eigenvalue weighted by Gasteiger charge is 2.44. The fourth-order valence-electron chi connectivity index (χ4n) is 2.19. The van der Waals surface area contributed by atoms with Gasteiger partial charge in [0.1, 0.15) is 5.82 Å². The van der Waals surface area contributed by atoms with Crippen molar-refractivity contribution in [3.63, 3.8) is 0 Å². The minimum Gasteiger partial charge on any atom is -0.476 e. The number of aromatic nitrogens is 1. The van der Waals surface area contributed by atoms with E-state index in [-0.39, 0.29) is 0 Å². The molecule has 1 aliphatic rings. The maximum atomic E-state index is 5.80. The molecule has 0 radical (unpaired) electrons. The molecule has 0 atom stereocenters. The van der Waals surface area contributed by atoms with Gasteiger partial charge in [-0.25, -0.2) is 0 Å². The van der Waals surface area contributed by atoms with Gasteiger partial charge in [0.05, 0.1) is 12.3 Å². The molecule has 0 unspecified atom stereocenters. The molecule has 1 fully saturated rings. The predicted octanol–water partition coefficient (Wildman–Crippen LogP) is 2.91. The number of nitrogens with one attached hydrogen (secondary N) is 1. The first kappa shape index (κ1) is 13.0. The minimum atomic E-state index is 0.467. The Balaban J connectivity index is 1.99. The summed E-state index contributed by atoms with van der Waals surface area (Å²) in [5, 5.41) is 3.41. The predicted molar refractivity (Wildman–Crippen MR) is 74.8 cm³/mol. The molecular weight excluding hydrogens is 226 g/mol. The second-order valence-corrected chi connectivity index (χ2v) is 5.39. The van der Waals surface area contributed by atoms with E-state index in [1.54, 1.807) is 0 Å². The highest BCUT2D eigenvalue weighted by Crippen LogP contribution is 2.51. The number of pyridine rings is 1. The summed E-state index contributed by atoms with van der Waals surface area (Å²) < 4.78 is 5.40. The maximum absolute atomic E-state index is 5.80. The van der Waals surface area contributed by atoms with Crippen molar-refractivity contribution >= 4 is 11.5 Å². The second-order valence-electron chi connectivity index (χ2n) is 5.39. The van der Waals surface area contributed by atoms with Crippen molar-refractivity contribution in [2.24, 2.45) is 11.3 Å². The number of anilines is 2. The van der Waals surface area contributed by atoms with Gasteiger partial charge in [0.2, 0.25) is 5.88 Å². The van der Waals surface area contributed by atoms with Gasteiger partial charge in [0, 0.05) is 6.54 Å². The Bertz CT molecular complexity index is 414. The molecule has 4 nitrogen and oxygen atoms in total. The van der Waals surface area contributed by atoms with Gasteiger partial charge in [-0.3, -0.25) is 0 Å². The zero-order valence-corrected chi connectivity index (χ0v) is 11.5. The van der Waals surface area contributed by atoms with Crippen molar-refractivity contribution in [3.8, 4) is 5.88 Å². The molecule has 0 aromatic carbocycles. The van der Waals surface area contributed by atoms with E-state index >= 15 is 0 Å². The molecule has 3 N–H and O–H groups in total. The average molecular weight is 249 g/mol. The standard InChI is InChI=1S/C14H23N3O/c1-4-18-13-11(15)5-6-12(17-13)16-9-14(7-8-14)10(2)3/h5-6,10H,4,7-9,15H2,1-3H3,(H,16,17). The van der Waals surface area contributed by atoms with E-state index in [9.17, 15) is 0 Å². The van der Waals surface area contributed by atoms with Gasteiger partial charge < -0.3 is 15.8 Å². The van der Waals surface area contributed by atoms with Crippen LogP contribution in [0.25, 0.3) is 0 Å². The lowest BCUT2D eigenvalue weighted by Crippen LogP contribution is -2.21. The summed E-state index contributed by atoms with van der Waals surface area (Å²) in [6.07, 6.45) is 2.62. The number of hydrogen-bond donors (Lipinski definition) is 2. The molecule has 2 rings (SSSR count). The van der Waals surface area contributed by atoms with Crippen molar-refractivity contribution in [1.82, 2.24) is 4.98 Å². The Kier molecular flexibility index (Phi) is 3.64. The monoisotopic (exact) mass is 249 g/mol. The van der Waals surface area contributed by atoms with Crippen LogP contribution in [0.15, 0.2) is 12.1 Å². The van der Waals surface area contributed by atoms with Crippen LogP contribution in [-0.2, 0) is 0 Å². The van der Waals surface area contributed by atoms with Crippen molar-refractivity contribution in [2.75, 3.05) is 24.2 Å². The number of nitrogens with zero attached hydrogens (tertiary/aromatic N) is 1. The summed E-state index contributed by atoms with van der Waals surface area (Å²) >= 11 is 0. The Morgan fingerprint density at radius 1 is 1.44 bits per heavy atom. The largest absolute Gasteiger partial charge is 0.476 e. The summed E-state index contributed by atoms with van der Waals surface area (Å²) in [6.45, 7) is 8.07. The molecular formula is C14H23N3O. The summed E-state index contributed by atoms with van der Waals surface area (Å²) in [5.74, 6) is 2.08. The van der Waals surface area contributed by atoms with Crippen LogP contribution in [0.5, 0.6) is 5.88 Å². The van der Waals surface area contributed by atoms with E-state index in [1.807, 2.05) is 19.1 Å². The van der Waals surface area contributed by atoms with E-state index in [4.69, 9.17) is 10.5 Å². The molecule has 0 amide bonds. The van der Waals surface area contributed by atoms with Gasteiger partial charge in [0.25, 0.3) is 0 Å². The van der Waals surface area contributed by atoms with Crippen LogP contribution >= 0.6 is 0 Å². The Morgan fingerprint density at radius 2 is 2.17 bits per heavy atom. The van der Waals surface area contributed by atoms with Crippen LogP contribution in [0.2, 0.25) is 0 Å². The number of nitrogen functional groups attached to an aromatic ring is 1. The molecule has 0 bridgehead atoms. The Hall–Kier alpha value is -1.45. The van der Waals surface area contributed by atoms with Crippen LogP contribution < -0.4 is 15.8 Å². The third kappa shape index (κ3) is 2.68. The van der Waals surface area contributed by atoms with E-state index in [2.05, 4.69) is 24.1 Å². The first-order chi connectivity index (χ1) is 8.57. The molecule has 1 aromatic rings. The quantitative estimate of drug-likeness (QED) is 0.813. The molecule has 0 spiro atoms. The van der Waals surface area contributed by atoms with Gasteiger partial charge in [-0.2, -0.15) is 4.98 Å². The number of ether oxygens (including phenoxy) is 1. The summed E-state index contributed by atoms with van der Waals surface area (Å²) in [6, 6.07) is 3.75. The second kappa shape index (κ2) is 5.04. The van der Waals surface area contributed by atoms with Gasteiger partial charge >= 0.3 is 0 Å². The smallest absolute Gasteiger partial charge is 0.239 e. The molecule has 100 valence electrons. The number of hydrogen-bond acceptors (Lipinski definition) is 4. The minimum absolute atomic E-state index is 0.467. The van der Waals surface area contributed by atoms with E-state index in [0.717, 1.165) is 12.4 Å². The SMILES string of the molecule is CCOc1nc(NCC2(C(C)C)CC2)ccc1N. The summed E-state index contributed by atoms with van der Waals surface area (Å²) in [4.78, 5) is 4.39. The van der Waals surface area contributed by atoms with Crippen LogP contribution in [0.1, 0.15) is 33.6 Å². The summed E-state index contributed by atoms with van der Waals surface area (Å²) in [5.41, 5.74) is 6.86. The lowest BCUT2D eigenvalue weighted by atomic mass is 9.92. The van der Waals surface area contributed by atoms with Gasteiger partial charge in [0.15, 0.2) is 0 Å². The van der Waals surface area contributed by atoms with Crippen molar-refractivity contribution in [2.45, 2.75) is 33.6 Å². The molecule has 4 heteroatoms. The molecule has 1 heterocycles. The van der Waals surface area contributed by atoms with Crippen LogP contribution in [-0.4, -0.2) is 18.1 Å². The first-order valence-corrected chi connectivity index (χ1v) is 6.70. The van der Waals surface area contributed by atoms with Crippen molar-refractivity contribution in [3.05, 3.63) is 12.1 Å². The van der Waals surface area contributed by atoms with Gasteiger partial charge in [-0.15, -0.1) is 0 Å². The zero-order chi connectivity index (χ0) is 13.2. The third-order valence-electron chi connectivity index (χ3n) is 3.91. The van der Waals surface area contributed by atoms with Crippen molar-refractivity contribution < 1.29 is 4.74 Å². The molecule has 1 aliphatic carbocycles. The molecule has 1 saturated carbocycles. The molecule has 18 heavy (non-hydrogen) atoms. The third-order valence-corrected chi connectivity index (χ3v) is 3.91. The number of rotatable bonds is 6. The Labute approximate surface area is 109 Å². The average Bonchev–Trinajstić information content (AvgIpc) is 3.12. The normalized spacial score (nSPS) is 16.7. The first-order valence-electron chi connectivity index (χ1n) is 6.70. The fourth-order valence-corrected chi connectivity index (χ4v) is 2.19. The Morgan fingerprint density at radius 3 is 2.72 bits per heavy atom. The maximum Gasteiger partial charge on any atom is 0.239 e. The van der Waals surface area contributed by atoms with E-state index in [1.165, 1.54) is 12.8 Å². The van der Waals surface area contributed by atoms with Crippen LogP contribution in [0, 0.1) is 11.3 Å². The highest BCUT2D eigenvalue weighted by atomic mass is 16.5. The van der Waals surface area contributed by atoms with Gasteiger partial charge in [-0.05, 0) is 43.2 Å². The highest BCUT2D eigenvalue weighted by molar-refractivity contribution is 5.53. The van der Waals surface area contributed by atoms with Crippen LogP contribution in [0.3, 0.4) is 0 Å². The zero-order valence-electron chi connectivity index (χ0n) is 11.5. The van der Waals surface area contributed by atoms with Crippen LogP contribution in [0.4, 0.5) is 11.5 Å². The number of nitrogens with two attached hydrogens (primary N) is 1. The van der Waals surface area contributed by atoms with Gasteiger partial charge in [-0.1, -0.05) is 13.8 Å². The van der Waals surface area contributed by atoms with E-state index in [0.29, 0.717) is 29.5 Å². The fraction of sp³-hybridized carbons (Fsp3) is 0.643. The van der Waals surface area contributed by atoms with Crippen molar-refractivity contribution in [1.29, 1.82) is 0 Å². The molecule has 0 aliphatic heterocycles. The molecule has 1 aromatic heterocycles. The summed E-state index contributed by atoms with van der Waals surface area (Å²) in [7, 11) is 0. The molecule has 0 saturated heterocycles. The lowest BCUT2D eigenvalue weighted by Gasteiger charge is -2.20. The lowest BCUT2D eigenvalue weighted by molar-refractivity contribution is 0.329. The van der Waals surface area contributed by atoms with E-state index < -0.39 is 0 Å². The topological polar surface area (TPSA) is 60.2 Å².